The smallest absolute Gasteiger partial charge is 0.231 e. The number of hydrogen-bond donors (Lipinski definition) is 1. The van der Waals surface area contributed by atoms with E-state index < -0.39 is 0 Å². The number of aromatic nitrogens is 2. The summed E-state index contributed by atoms with van der Waals surface area (Å²) in [6, 6.07) is 7.66. The van der Waals surface area contributed by atoms with Gasteiger partial charge in [-0.1, -0.05) is 6.07 Å². The fourth-order valence-electron chi connectivity index (χ4n) is 3.13. The Morgan fingerprint density at radius 2 is 2.00 bits per heavy atom. The van der Waals surface area contributed by atoms with Gasteiger partial charge in [-0.05, 0) is 36.6 Å². The lowest BCUT2D eigenvalue weighted by molar-refractivity contribution is -0.122. The number of fused-ring (bicyclic) bond motifs is 1. The zero-order chi connectivity index (χ0) is 17.2. The van der Waals surface area contributed by atoms with Crippen molar-refractivity contribution < 1.29 is 14.3 Å². The number of nitrogens with zero attached hydrogens (tertiary/aromatic N) is 3. The molecule has 2 aromatic rings. The molecular weight excluding hydrogens is 320 g/mol. The quantitative estimate of drug-likeness (QED) is 0.908. The highest BCUT2D eigenvalue weighted by Gasteiger charge is 2.24. The Balaban J connectivity index is 1.46. The lowest BCUT2D eigenvalue weighted by atomic mass is 9.96. The Bertz CT molecular complexity index is 788. The van der Waals surface area contributed by atoms with Gasteiger partial charge < -0.3 is 20.1 Å². The second-order valence-electron chi connectivity index (χ2n) is 6.20. The first-order valence-corrected chi connectivity index (χ1v) is 8.31. The van der Waals surface area contributed by atoms with E-state index in [1.807, 2.05) is 30.7 Å². The molecule has 1 saturated heterocycles. The van der Waals surface area contributed by atoms with E-state index in [0.717, 1.165) is 48.7 Å². The van der Waals surface area contributed by atoms with Crippen molar-refractivity contribution in [2.75, 3.05) is 24.8 Å². The van der Waals surface area contributed by atoms with Crippen LogP contribution in [0.4, 0.5) is 5.95 Å². The Morgan fingerprint density at radius 3 is 2.80 bits per heavy atom. The van der Waals surface area contributed by atoms with Crippen molar-refractivity contribution in [2.45, 2.75) is 12.8 Å². The van der Waals surface area contributed by atoms with Gasteiger partial charge in [-0.3, -0.25) is 4.79 Å². The van der Waals surface area contributed by atoms with Gasteiger partial charge in [0.2, 0.25) is 18.6 Å². The van der Waals surface area contributed by atoms with E-state index in [0.29, 0.717) is 5.95 Å². The molecule has 7 nitrogen and oxygen atoms in total. The molecular formula is C18H19N4O3. The van der Waals surface area contributed by atoms with Crippen molar-refractivity contribution in [2.24, 2.45) is 11.7 Å². The zero-order valence-electron chi connectivity index (χ0n) is 13.7. The SMILES string of the molecule is NC(=O)C1CCN(c2nccc([CH]c3ccc4c(c3)OCO4)n2)CC1. The van der Waals surface area contributed by atoms with Crippen LogP contribution in [0.25, 0.3) is 0 Å². The van der Waals surface area contributed by atoms with Crippen LogP contribution in [0.5, 0.6) is 11.5 Å². The molecule has 0 bridgehead atoms. The van der Waals surface area contributed by atoms with Gasteiger partial charge in [-0.25, -0.2) is 9.97 Å². The van der Waals surface area contributed by atoms with E-state index in [4.69, 9.17) is 15.2 Å². The van der Waals surface area contributed by atoms with Gasteiger partial charge >= 0.3 is 0 Å². The van der Waals surface area contributed by atoms with Gasteiger partial charge in [0.25, 0.3) is 0 Å². The van der Waals surface area contributed by atoms with Crippen LogP contribution in [-0.4, -0.2) is 35.8 Å². The molecule has 0 aliphatic carbocycles. The van der Waals surface area contributed by atoms with E-state index in [2.05, 4.69) is 14.9 Å². The molecule has 2 N–H and O–H groups in total. The van der Waals surface area contributed by atoms with Crippen LogP contribution in [0, 0.1) is 12.3 Å². The average molecular weight is 339 g/mol. The second-order valence-corrected chi connectivity index (χ2v) is 6.20. The highest BCUT2D eigenvalue weighted by atomic mass is 16.7. The maximum absolute atomic E-state index is 11.3. The van der Waals surface area contributed by atoms with Crippen LogP contribution in [0.1, 0.15) is 24.1 Å². The van der Waals surface area contributed by atoms with Gasteiger partial charge in [0.15, 0.2) is 11.5 Å². The van der Waals surface area contributed by atoms with Crippen molar-refractivity contribution >= 4 is 11.9 Å². The summed E-state index contributed by atoms with van der Waals surface area (Å²) < 4.78 is 10.7. The van der Waals surface area contributed by atoms with E-state index in [1.54, 1.807) is 6.20 Å². The minimum atomic E-state index is -0.217. The number of primary amides is 1. The number of anilines is 1. The normalized spacial score (nSPS) is 16.9. The lowest BCUT2D eigenvalue weighted by Crippen LogP contribution is -2.39. The van der Waals surface area contributed by atoms with Crippen LogP contribution in [-0.2, 0) is 4.79 Å². The van der Waals surface area contributed by atoms with Crippen LogP contribution in [0.15, 0.2) is 30.5 Å². The van der Waals surface area contributed by atoms with E-state index >= 15 is 0 Å². The molecule has 4 rings (SSSR count). The van der Waals surface area contributed by atoms with Crippen molar-refractivity contribution in [3.8, 4) is 11.5 Å². The first-order chi connectivity index (χ1) is 12.2. The fourth-order valence-corrected chi connectivity index (χ4v) is 3.13. The topological polar surface area (TPSA) is 90.6 Å². The van der Waals surface area contributed by atoms with E-state index in [9.17, 15) is 4.79 Å². The summed E-state index contributed by atoms with van der Waals surface area (Å²) in [7, 11) is 0. The number of carbonyl (C=O) groups excluding carboxylic acids is 1. The number of hydrogen-bond acceptors (Lipinski definition) is 6. The fraction of sp³-hybridized carbons (Fsp3) is 0.333. The van der Waals surface area contributed by atoms with Gasteiger partial charge in [-0.15, -0.1) is 0 Å². The summed E-state index contributed by atoms with van der Waals surface area (Å²) in [6.07, 6.45) is 5.22. The molecule has 7 heteroatoms. The van der Waals surface area contributed by atoms with Crippen molar-refractivity contribution in [3.05, 3.63) is 48.1 Å². The molecule has 2 aliphatic rings. The number of nitrogens with two attached hydrogens (primary N) is 1. The summed E-state index contributed by atoms with van der Waals surface area (Å²) in [5.41, 5.74) is 7.19. The third-order valence-electron chi connectivity index (χ3n) is 4.56. The summed E-state index contributed by atoms with van der Waals surface area (Å²) in [6.45, 7) is 1.74. The Kier molecular flexibility index (Phi) is 4.13. The third kappa shape index (κ3) is 3.35. The van der Waals surface area contributed by atoms with Crippen LogP contribution >= 0.6 is 0 Å². The molecule has 1 aromatic heterocycles. The maximum Gasteiger partial charge on any atom is 0.231 e. The van der Waals surface area contributed by atoms with Crippen molar-refractivity contribution in [1.29, 1.82) is 0 Å². The maximum atomic E-state index is 11.3. The largest absolute Gasteiger partial charge is 0.454 e. The third-order valence-corrected chi connectivity index (χ3v) is 4.56. The molecule has 0 saturated carbocycles. The van der Waals surface area contributed by atoms with Crippen LogP contribution in [0.3, 0.4) is 0 Å². The molecule has 25 heavy (non-hydrogen) atoms. The number of rotatable bonds is 4. The summed E-state index contributed by atoms with van der Waals surface area (Å²) in [4.78, 5) is 22.4. The summed E-state index contributed by atoms with van der Waals surface area (Å²) in [5, 5.41) is 0. The predicted octanol–water partition coefficient (Wildman–Crippen LogP) is 1.51. The number of ether oxygens (including phenoxy) is 2. The highest BCUT2D eigenvalue weighted by molar-refractivity contribution is 5.76. The molecule has 1 radical (unpaired) electrons. The standard InChI is InChI=1S/C18H19N4O3/c19-17(23)13-4-7-22(8-5-13)18-20-6-3-14(21-18)9-12-1-2-15-16(10-12)25-11-24-15/h1-3,6,9-10,13H,4-5,7-8,11H2,(H2,19,23). The number of piperidine rings is 1. The summed E-state index contributed by atoms with van der Waals surface area (Å²) in [5.74, 6) is 1.93. The lowest BCUT2D eigenvalue weighted by Gasteiger charge is -2.30. The van der Waals surface area contributed by atoms with Crippen molar-refractivity contribution in [1.82, 2.24) is 9.97 Å². The first-order valence-electron chi connectivity index (χ1n) is 8.31. The first kappa shape index (κ1) is 15.7. The van der Waals surface area contributed by atoms with Gasteiger partial charge in [0, 0.05) is 31.6 Å². The van der Waals surface area contributed by atoms with Crippen LogP contribution in [0.2, 0.25) is 0 Å². The molecule has 1 aromatic carbocycles. The second kappa shape index (κ2) is 6.58. The van der Waals surface area contributed by atoms with Gasteiger partial charge in [0.1, 0.15) is 0 Å². The molecule has 0 spiro atoms. The van der Waals surface area contributed by atoms with E-state index in [1.165, 1.54) is 0 Å². The molecule has 3 heterocycles. The molecule has 2 aliphatic heterocycles. The number of carbonyl (C=O) groups is 1. The molecule has 0 atom stereocenters. The van der Waals surface area contributed by atoms with Gasteiger partial charge in [-0.2, -0.15) is 0 Å². The predicted molar refractivity (Wildman–Crippen MR) is 91.2 cm³/mol. The number of benzene rings is 1. The minimum absolute atomic E-state index is 0.0420. The number of amides is 1. The monoisotopic (exact) mass is 339 g/mol. The Morgan fingerprint density at radius 1 is 1.20 bits per heavy atom. The molecule has 129 valence electrons. The van der Waals surface area contributed by atoms with Gasteiger partial charge in [0.05, 0.1) is 5.69 Å². The van der Waals surface area contributed by atoms with Crippen LogP contribution < -0.4 is 20.1 Å². The molecule has 1 fully saturated rings. The zero-order valence-corrected chi connectivity index (χ0v) is 13.7. The Hall–Kier alpha value is -2.83. The van der Waals surface area contributed by atoms with Crippen molar-refractivity contribution in [3.63, 3.8) is 0 Å². The molecule has 0 unspecified atom stereocenters. The summed E-state index contributed by atoms with van der Waals surface area (Å²) >= 11 is 0. The van der Waals surface area contributed by atoms with E-state index in [-0.39, 0.29) is 18.6 Å². The average Bonchev–Trinajstić information content (AvgIpc) is 3.10. The molecule has 1 amide bonds. The Labute approximate surface area is 145 Å². The minimum Gasteiger partial charge on any atom is -0.454 e. The highest BCUT2D eigenvalue weighted by Crippen LogP contribution is 2.33.